The van der Waals surface area contributed by atoms with Gasteiger partial charge in [0, 0.05) is 0 Å². The maximum Gasteiger partial charge on any atom is 0.266 e. The summed E-state index contributed by atoms with van der Waals surface area (Å²) >= 11 is 6.55. The zero-order chi connectivity index (χ0) is 19.4. The molecule has 2 saturated heterocycles. The minimum Gasteiger partial charge on any atom is -0.494 e. The number of ether oxygens (including phenoxy) is 1. The fourth-order valence-corrected chi connectivity index (χ4v) is 6.23. The molecule has 146 valence electrons. The molecule has 1 unspecified atom stereocenters. The molecule has 1 amide bonds. The molecule has 0 spiro atoms. The van der Waals surface area contributed by atoms with Crippen molar-refractivity contribution in [2.75, 3.05) is 18.1 Å². The van der Waals surface area contributed by atoms with Gasteiger partial charge in [0.1, 0.15) is 10.1 Å². The number of carbonyl (C=O) groups excluding carboxylic acids is 1. The van der Waals surface area contributed by atoms with Gasteiger partial charge in [0.25, 0.3) is 5.91 Å². The summed E-state index contributed by atoms with van der Waals surface area (Å²) < 4.78 is 29.6. The number of unbranched alkanes of at least 4 members (excludes halogenated alkanes) is 2. The number of rotatable bonds is 7. The van der Waals surface area contributed by atoms with E-state index in [0.717, 1.165) is 30.6 Å². The molecule has 2 heterocycles. The lowest BCUT2D eigenvalue weighted by Crippen LogP contribution is -2.39. The largest absolute Gasteiger partial charge is 0.494 e. The number of carbonyl (C=O) groups is 1. The normalized spacial score (nSPS) is 23.4. The van der Waals surface area contributed by atoms with Crippen LogP contribution in [-0.4, -0.2) is 47.7 Å². The average molecular weight is 426 g/mol. The van der Waals surface area contributed by atoms with E-state index in [2.05, 4.69) is 6.92 Å². The van der Waals surface area contributed by atoms with Crippen LogP contribution in [0.2, 0.25) is 0 Å². The van der Waals surface area contributed by atoms with Crippen molar-refractivity contribution < 1.29 is 17.9 Å². The van der Waals surface area contributed by atoms with E-state index in [9.17, 15) is 13.2 Å². The number of hydrogen-bond donors (Lipinski definition) is 0. The van der Waals surface area contributed by atoms with Crippen LogP contribution >= 0.6 is 24.0 Å². The van der Waals surface area contributed by atoms with Gasteiger partial charge in [0.05, 0.1) is 29.1 Å². The van der Waals surface area contributed by atoms with E-state index < -0.39 is 9.84 Å². The highest BCUT2D eigenvalue weighted by Gasteiger charge is 2.42. The second kappa shape index (κ2) is 8.75. The predicted octanol–water partition coefficient (Wildman–Crippen LogP) is 3.64. The summed E-state index contributed by atoms with van der Waals surface area (Å²) in [5.41, 5.74) is 0.885. The van der Waals surface area contributed by atoms with E-state index in [1.807, 2.05) is 24.3 Å². The summed E-state index contributed by atoms with van der Waals surface area (Å²) in [5, 5.41) is 0. The first-order valence-electron chi connectivity index (χ1n) is 9.10. The lowest BCUT2D eigenvalue weighted by Gasteiger charge is -2.20. The van der Waals surface area contributed by atoms with Gasteiger partial charge in [-0.2, -0.15) is 0 Å². The summed E-state index contributed by atoms with van der Waals surface area (Å²) in [5.74, 6) is 0.726. The average Bonchev–Trinajstić information content (AvgIpc) is 3.11. The van der Waals surface area contributed by atoms with Crippen molar-refractivity contribution in [2.24, 2.45) is 0 Å². The van der Waals surface area contributed by atoms with Gasteiger partial charge in [-0.25, -0.2) is 8.42 Å². The van der Waals surface area contributed by atoms with Crippen molar-refractivity contribution in [2.45, 2.75) is 38.6 Å². The third-order valence-electron chi connectivity index (χ3n) is 4.59. The molecule has 8 heteroatoms. The van der Waals surface area contributed by atoms with Gasteiger partial charge in [0.2, 0.25) is 0 Å². The minimum atomic E-state index is -3.07. The number of hydrogen-bond acceptors (Lipinski definition) is 6. The molecule has 0 radical (unpaired) electrons. The molecule has 2 fully saturated rings. The first kappa shape index (κ1) is 20.4. The lowest BCUT2D eigenvalue weighted by atomic mass is 10.2. The summed E-state index contributed by atoms with van der Waals surface area (Å²) in [7, 11) is -3.07. The lowest BCUT2D eigenvalue weighted by molar-refractivity contribution is -0.123. The predicted molar refractivity (Wildman–Crippen MR) is 114 cm³/mol. The van der Waals surface area contributed by atoms with Crippen molar-refractivity contribution in [3.63, 3.8) is 0 Å². The molecule has 2 aliphatic heterocycles. The Morgan fingerprint density at radius 1 is 1.30 bits per heavy atom. The number of benzene rings is 1. The van der Waals surface area contributed by atoms with E-state index in [1.54, 1.807) is 6.08 Å². The van der Waals surface area contributed by atoms with Crippen LogP contribution < -0.4 is 4.74 Å². The third kappa shape index (κ3) is 5.12. The van der Waals surface area contributed by atoms with Gasteiger partial charge in [-0.15, -0.1) is 0 Å². The molecule has 0 bridgehead atoms. The van der Waals surface area contributed by atoms with Gasteiger partial charge in [-0.05, 0) is 36.6 Å². The molecule has 2 aliphatic rings. The van der Waals surface area contributed by atoms with Crippen LogP contribution in [0.5, 0.6) is 5.75 Å². The first-order chi connectivity index (χ1) is 12.9. The van der Waals surface area contributed by atoms with E-state index in [4.69, 9.17) is 17.0 Å². The van der Waals surface area contributed by atoms with Crippen molar-refractivity contribution in [3.8, 4) is 5.75 Å². The molecular formula is C19H23NO4S3. The van der Waals surface area contributed by atoms with Crippen molar-refractivity contribution in [1.82, 2.24) is 4.90 Å². The molecule has 1 aromatic carbocycles. The Bertz CT molecular complexity index is 846. The van der Waals surface area contributed by atoms with Crippen LogP contribution in [0.15, 0.2) is 29.2 Å². The molecular weight excluding hydrogens is 402 g/mol. The number of amides is 1. The minimum absolute atomic E-state index is 0.00319. The Morgan fingerprint density at radius 2 is 2.04 bits per heavy atom. The summed E-state index contributed by atoms with van der Waals surface area (Å²) in [6.45, 7) is 2.86. The van der Waals surface area contributed by atoms with Crippen molar-refractivity contribution in [3.05, 3.63) is 34.7 Å². The monoisotopic (exact) mass is 425 g/mol. The zero-order valence-corrected chi connectivity index (χ0v) is 17.7. The Balaban J connectivity index is 1.65. The van der Waals surface area contributed by atoms with E-state index in [0.29, 0.717) is 22.3 Å². The molecule has 27 heavy (non-hydrogen) atoms. The molecule has 0 N–H and O–H groups in total. The highest BCUT2D eigenvalue weighted by atomic mass is 32.2. The molecule has 0 saturated carbocycles. The quantitative estimate of drug-likeness (QED) is 0.378. The topological polar surface area (TPSA) is 63.7 Å². The Labute approximate surface area is 170 Å². The zero-order valence-electron chi connectivity index (χ0n) is 15.2. The van der Waals surface area contributed by atoms with Crippen molar-refractivity contribution >= 4 is 50.1 Å². The Hall–Kier alpha value is -1.38. The van der Waals surface area contributed by atoms with Gasteiger partial charge in [-0.1, -0.05) is 55.9 Å². The highest BCUT2D eigenvalue weighted by molar-refractivity contribution is 8.26. The molecule has 1 aromatic rings. The second-order valence-electron chi connectivity index (χ2n) is 6.73. The smallest absolute Gasteiger partial charge is 0.266 e. The van der Waals surface area contributed by atoms with Gasteiger partial charge >= 0.3 is 0 Å². The van der Waals surface area contributed by atoms with E-state index >= 15 is 0 Å². The van der Waals surface area contributed by atoms with Crippen LogP contribution in [0.3, 0.4) is 0 Å². The molecule has 1 atom stereocenters. The number of thioether (sulfide) groups is 1. The molecule has 5 nitrogen and oxygen atoms in total. The number of thiocarbonyl (C=S) groups is 1. The van der Waals surface area contributed by atoms with Crippen LogP contribution in [0.1, 0.15) is 38.2 Å². The fourth-order valence-electron chi connectivity index (χ4n) is 3.13. The van der Waals surface area contributed by atoms with Crippen LogP contribution in [0.25, 0.3) is 6.08 Å². The van der Waals surface area contributed by atoms with Gasteiger partial charge < -0.3 is 4.74 Å². The van der Waals surface area contributed by atoms with Crippen LogP contribution in [0, 0.1) is 0 Å². The second-order valence-corrected chi connectivity index (χ2v) is 10.6. The van der Waals surface area contributed by atoms with Gasteiger partial charge in [0.15, 0.2) is 9.84 Å². The summed E-state index contributed by atoms with van der Waals surface area (Å²) in [6.07, 6.45) is 5.60. The maximum absolute atomic E-state index is 12.7. The van der Waals surface area contributed by atoms with E-state index in [1.165, 1.54) is 16.7 Å². The molecule has 0 aromatic heterocycles. The number of nitrogens with zero attached hydrogens (tertiary/aromatic N) is 1. The first-order valence-corrected chi connectivity index (χ1v) is 12.1. The number of sulfone groups is 1. The third-order valence-corrected chi connectivity index (χ3v) is 7.67. The van der Waals surface area contributed by atoms with Gasteiger partial charge in [-0.3, -0.25) is 9.69 Å². The Kier molecular flexibility index (Phi) is 6.60. The highest BCUT2D eigenvalue weighted by Crippen LogP contribution is 2.36. The molecule has 0 aliphatic carbocycles. The van der Waals surface area contributed by atoms with Crippen LogP contribution in [0.4, 0.5) is 0 Å². The Morgan fingerprint density at radius 3 is 2.67 bits per heavy atom. The van der Waals surface area contributed by atoms with Crippen LogP contribution in [-0.2, 0) is 14.6 Å². The van der Waals surface area contributed by atoms with E-state index in [-0.39, 0.29) is 23.5 Å². The molecule has 3 rings (SSSR count). The van der Waals surface area contributed by atoms with Crippen molar-refractivity contribution in [1.29, 1.82) is 0 Å². The summed E-state index contributed by atoms with van der Waals surface area (Å²) in [6, 6.07) is 7.25. The maximum atomic E-state index is 12.7. The summed E-state index contributed by atoms with van der Waals surface area (Å²) in [4.78, 5) is 14.7. The fraction of sp³-hybridized carbons (Fsp3) is 0.474. The standard InChI is InChI=1S/C19H23NO4S3/c1-2-3-4-10-24-16-7-5-14(6-8-16)12-17-18(21)20(19(25)26-17)15-9-11-27(22,23)13-15/h5-8,12,15H,2-4,9-11,13H2,1H3. The SMILES string of the molecule is CCCCCOc1ccc(C=C2SC(=S)N(C3CCS(=O)(=O)C3)C2=O)cc1.